The number of hydrogen-bond acceptors (Lipinski definition) is 7. The molecule has 5 heterocycles. The van der Waals surface area contributed by atoms with Gasteiger partial charge in [0.2, 0.25) is 0 Å². The minimum atomic E-state index is -0.111. The van der Waals surface area contributed by atoms with E-state index in [0.717, 1.165) is 35.7 Å². The van der Waals surface area contributed by atoms with Crippen LogP contribution in [0.4, 0.5) is 0 Å². The lowest BCUT2D eigenvalue weighted by atomic mass is 9.77. The van der Waals surface area contributed by atoms with Crippen molar-refractivity contribution in [2.45, 2.75) is 26.2 Å². The number of aromatic nitrogens is 3. The summed E-state index contributed by atoms with van der Waals surface area (Å²) in [4.78, 5) is 35.1. The van der Waals surface area contributed by atoms with Crippen molar-refractivity contribution in [1.29, 1.82) is 0 Å². The predicted octanol–water partition coefficient (Wildman–Crippen LogP) is 3.81. The monoisotopic (exact) mass is 517 g/mol. The van der Waals surface area contributed by atoms with Gasteiger partial charge in [-0.25, -0.2) is 4.98 Å². The summed E-state index contributed by atoms with van der Waals surface area (Å²) in [6.45, 7) is 4.47. The molecule has 2 aliphatic heterocycles. The molecule has 2 aliphatic rings. The molecule has 2 fully saturated rings. The van der Waals surface area contributed by atoms with Gasteiger partial charge in [0.1, 0.15) is 11.3 Å². The standard InChI is InChI=1S/C28H31N5O5/c1-17-22-24(37-4)19(15-29-25(22)31(2)30-17)26(34)33-13-10-28(16-33)8-11-32(12-9-28)27(35)21-14-18-6-5-7-20(36-3)23(18)38-21/h5-7,14-15H,8-13,16H2,1-4H3. The fourth-order valence-electron chi connectivity index (χ4n) is 6.07. The van der Waals surface area contributed by atoms with E-state index in [1.54, 1.807) is 31.2 Å². The zero-order valence-corrected chi connectivity index (χ0v) is 22.1. The van der Waals surface area contributed by atoms with Gasteiger partial charge >= 0.3 is 0 Å². The van der Waals surface area contributed by atoms with Gasteiger partial charge in [0.15, 0.2) is 22.7 Å². The highest BCUT2D eigenvalue weighted by atomic mass is 16.5. The summed E-state index contributed by atoms with van der Waals surface area (Å²) >= 11 is 0. The highest BCUT2D eigenvalue weighted by Crippen LogP contribution is 2.42. The molecule has 0 bridgehead atoms. The van der Waals surface area contributed by atoms with Crippen LogP contribution in [0.2, 0.25) is 0 Å². The molecule has 4 aromatic rings. The van der Waals surface area contributed by atoms with E-state index >= 15 is 0 Å². The van der Waals surface area contributed by atoms with Crippen molar-refractivity contribution in [3.05, 3.63) is 47.5 Å². The Balaban J connectivity index is 1.15. The largest absolute Gasteiger partial charge is 0.495 e. The Morgan fingerprint density at radius 1 is 1.03 bits per heavy atom. The minimum absolute atomic E-state index is 0.00147. The summed E-state index contributed by atoms with van der Waals surface area (Å²) < 4.78 is 18.6. The first-order valence-corrected chi connectivity index (χ1v) is 12.9. The Labute approximate surface area is 220 Å². The van der Waals surface area contributed by atoms with E-state index in [1.807, 2.05) is 42.0 Å². The average molecular weight is 518 g/mol. The summed E-state index contributed by atoms with van der Waals surface area (Å²) in [5.41, 5.74) is 2.51. The molecule has 3 aromatic heterocycles. The van der Waals surface area contributed by atoms with Crippen LogP contribution < -0.4 is 9.47 Å². The molecule has 38 heavy (non-hydrogen) atoms. The number of para-hydroxylation sites is 1. The van der Waals surface area contributed by atoms with Crippen molar-refractivity contribution in [3.63, 3.8) is 0 Å². The molecule has 0 atom stereocenters. The Kier molecular flexibility index (Phi) is 5.77. The third-order valence-electron chi connectivity index (χ3n) is 8.19. The van der Waals surface area contributed by atoms with Crippen molar-refractivity contribution in [1.82, 2.24) is 24.6 Å². The lowest BCUT2D eigenvalue weighted by Gasteiger charge is -2.39. The Morgan fingerprint density at radius 3 is 2.47 bits per heavy atom. The molecular weight excluding hydrogens is 486 g/mol. The molecule has 0 saturated carbocycles. The number of carbonyl (C=O) groups excluding carboxylic acids is 2. The SMILES string of the molecule is COc1cccc2cc(C(=O)N3CCC4(CC3)CCN(C(=O)c3cnc5c(c(C)nn5C)c3OC)C4)oc12. The maximum Gasteiger partial charge on any atom is 0.289 e. The molecule has 2 amide bonds. The van der Waals surface area contributed by atoms with Crippen molar-refractivity contribution in [2.24, 2.45) is 12.5 Å². The molecule has 6 rings (SSSR count). The van der Waals surface area contributed by atoms with Gasteiger partial charge in [0, 0.05) is 44.8 Å². The second-order valence-electron chi connectivity index (χ2n) is 10.4. The number of ether oxygens (including phenoxy) is 2. The molecule has 0 unspecified atom stereocenters. The zero-order valence-electron chi connectivity index (χ0n) is 22.1. The van der Waals surface area contributed by atoms with Gasteiger partial charge in [-0.2, -0.15) is 5.10 Å². The second kappa shape index (κ2) is 9.04. The first-order chi connectivity index (χ1) is 18.3. The number of aryl methyl sites for hydroxylation is 2. The number of likely N-dealkylation sites (tertiary alicyclic amines) is 2. The number of amides is 2. The van der Waals surface area contributed by atoms with E-state index < -0.39 is 0 Å². The van der Waals surface area contributed by atoms with Gasteiger partial charge in [0.05, 0.1) is 25.3 Å². The second-order valence-corrected chi connectivity index (χ2v) is 10.4. The first kappa shape index (κ1) is 24.3. The molecule has 10 heteroatoms. The zero-order chi connectivity index (χ0) is 26.6. The van der Waals surface area contributed by atoms with E-state index in [0.29, 0.717) is 60.2 Å². The molecular formula is C28H31N5O5. The van der Waals surface area contributed by atoms with Gasteiger partial charge in [-0.15, -0.1) is 0 Å². The number of benzene rings is 1. The Hall–Kier alpha value is -4.08. The van der Waals surface area contributed by atoms with Crippen LogP contribution in [0.25, 0.3) is 22.0 Å². The number of pyridine rings is 1. The van der Waals surface area contributed by atoms with Crippen molar-refractivity contribution in [3.8, 4) is 11.5 Å². The van der Waals surface area contributed by atoms with Crippen molar-refractivity contribution < 1.29 is 23.5 Å². The van der Waals surface area contributed by atoms with E-state index in [4.69, 9.17) is 13.9 Å². The normalized spacial score (nSPS) is 17.1. The highest BCUT2D eigenvalue weighted by molar-refractivity contribution is 6.02. The average Bonchev–Trinajstić information content (AvgIpc) is 3.63. The van der Waals surface area contributed by atoms with Gasteiger partial charge in [0.25, 0.3) is 11.8 Å². The van der Waals surface area contributed by atoms with Crippen LogP contribution in [0.15, 0.2) is 34.9 Å². The molecule has 10 nitrogen and oxygen atoms in total. The van der Waals surface area contributed by atoms with Crippen LogP contribution in [0.5, 0.6) is 11.5 Å². The van der Waals surface area contributed by atoms with Crippen LogP contribution >= 0.6 is 0 Å². The number of fused-ring (bicyclic) bond motifs is 2. The quantitative estimate of drug-likeness (QED) is 0.406. The fourth-order valence-corrected chi connectivity index (χ4v) is 6.07. The maximum atomic E-state index is 13.6. The Morgan fingerprint density at radius 2 is 1.76 bits per heavy atom. The molecule has 0 radical (unpaired) electrons. The maximum absolute atomic E-state index is 13.6. The van der Waals surface area contributed by atoms with E-state index in [1.165, 1.54) is 0 Å². The molecule has 2 saturated heterocycles. The van der Waals surface area contributed by atoms with Crippen molar-refractivity contribution >= 4 is 33.8 Å². The number of hydrogen-bond donors (Lipinski definition) is 0. The number of methoxy groups -OCH3 is 2. The molecule has 0 aliphatic carbocycles. The lowest BCUT2D eigenvalue weighted by Crippen LogP contribution is -2.44. The third-order valence-corrected chi connectivity index (χ3v) is 8.19. The van der Waals surface area contributed by atoms with Crippen LogP contribution in [0, 0.1) is 12.3 Å². The summed E-state index contributed by atoms with van der Waals surface area (Å²) in [6.07, 6.45) is 4.18. The summed E-state index contributed by atoms with van der Waals surface area (Å²) in [5, 5.41) is 6.04. The first-order valence-electron chi connectivity index (χ1n) is 12.9. The van der Waals surface area contributed by atoms with Gasteiger partial charge in [-0.1, -0.05) is 12.1 Å². The van der Waals surface area contributed by atoms with Gasteiger partial charge in [-0.05, 0) is 43.7 Å². The Bertz CT molecular complexity index is 1560. The van der Waals surface area contributed by atoms with Gasteiger partial charge in [-0.3, -0.25) is 14.3 Å². The summed E-state index contributed by atoms with van der Waals surface area (Å²) in [7, 11) is 4.99. The minimum Gasteiger partial charge on any atom is -0.495 e. The summed E-state index contributed by atoms with van der Waals surface area (Å²) in [6, 6.07) is 7.39. The third kappa shape index (κ3) is 3.77. The number of rotatable bonds is 4. The summed E-state index contributed by atoms with van der Waals surface area (Å²) in [5.74, 6) is 1.27. The lowest BCUT2D eigenvalue weighted by molar-refractivity contribution is 0.0541. The fraction of sp³-hybridized carbons (Fsp3) is 0.429. The van der Waals surface area contributed by atoms with Crippen molar-refractivity contribution in [2.75, 3.05) is 40.4 Å². The van der Waals surface area contributed by atoms with E-state index in [9.17, 15) is 9.59 Å². The van der Waals surface area contributed by atoms with Crippen LogP contribution in [-0.4, -0.2) is 76.8 Å². The number of carbonyl (C=O) groups is 2. The van der Waals surface area contributed by atoms with E-state index in [-0.39, 0.29) is 17.2 Å². The molecule has 0 N–H and O–H groups in total. The topological polar surface area (TPSA) is 103 Å². The molecule has 1 spiro atoms. The van der Waals surface area contributed by atoms with Crippen LogP contribution in [-0.2, 0) is 7.05 Å². The smallest absolute Gasteiger partial charge is 0.289 e. The predicted molar refractivity (Wildman–Crippen MR) is 141 cm³/mol. The number of piperidine rings is 1. The highest BCUT2D eigenvalue weighted by Gasteiger charge is 2.43. The molecule has 1 aromatic carbocycles. The van der Waals surface area contributed by atoms with Gasteiger partial charge < -0.3 is 23.7 Å². The number of nitrogens with zero attached hydrogens (tertiary/aromatic N) is 5. The van der Waals surface area contributed by atoms with Crippen LogP contribution in [0.3, 0.4) is 0 Å². The molecule has 198 valence electrons. The number of furan rings is 1. The van der Waals surface area contributed by atoms with E-state index in [2.05, 4.69) is 10.1 Å². The van der Waals surface area contributed by atoms with Crippen LogP contribution in [0.1, 0.15) is 45.9 Å².